The predicted octanol–water partition coefficient (Wildman–Crippen LogP) is 6.23. The van der Waals surface area contributed by atoms with E-state index in [-0.39, 0.29) is 47.7 Å². The summed E-state index contributed by atoms with van der Waals surface area (Å²) in [4.78, 5) is 33.8. The number of carbonyl (C=O) groups is 2. The van der Waals surface area contributed by atoms with E-state index in [0.29, 0.717) is 10.6 Å². The van der Waals surface area contributed by atoms with Crippen LogP contribution in [0.4, 0.5) is 19.0 Å². The van der Waals surface area contributed by atoms with Gasteiger partial charge in [-0.05, 0) is 46.9 Å². The summed E-state index contributed by atoms with van der Waals surface area (Å²) in [7, 11) is 0. The van der Waals surface area contributed by atoms with Crippen molar-refractivity contribution < 1.29 is 27.5 Å². The minimum atomic E-state index is -4.52. The highest BCUT2D eigenvalue weighted by molar-refractivity contribution is 6.30. The zero-order valence-electron chi connectivity index (χ0n) is 24.9. The lowest BCUT2D eigenvalue weighted by molar-refractivity contribution is -0.137. The number of hydrogen-bond acceptors (Lipinski definition) is 7. The molecule has 4 rings (SSSR count). The van der Waals surface area contributed by atoms with Crippen LogP contribution in [0.25, 0.3) is 0 Å². The van der Waals surface area contributed by atoms with Gasteiger partial charge in [0.1, 0.15) is 24.0 Å². The lowest BCUT2D eigenvalue weighted by Gasteiger charge is -2.22. The largest absolute Gasteiger partial charge is 0.459 e. The Bertz CT molecular complexity index is 1680. The minimum Gasteiger partial charge on any atom is -0.459 e. The number of nitrogens with one attached hydrogen (secondary N) is 3. The zero-order valence-corrected chi connectivity index (χ0v) is 25.7. The van der Waals surface area contributed by atoms with Gasteiger partial charge in [-0.1, -0.05) is 80.0 Å². The molecular weight excluding hydrogens is 621 g/mol. The Morgan fingerprint density at radius 1 is 1.02 bits per heavy atom. The fourth-order valence-corrected chi connectivity index (χ4v) is 4.73. The number of anilines is 1. The molecule has 46 heavy (non-hydrogen) atoms. The summed E-state index contributed by atoms with van der Waals surface area (Å²) >= 11 is 6.06. The molecule has 1 heterocycles. The molecule has 0 saturated heterocycles. The van der Waals surface area contributed by atoms with E-state index < -0.39 is 35.5 Å². The van der Waals surface area contributed by atoms with Gasteiger partial charge in [-0.15, -0.1) is 0 Å². The molecule has 0 fully saturated rings. The van der Waals surface area contributed by atoms with Gasteiger partial charge in [0, 0.05) is 29.4 Å². The SMILES string of the molecule is CC(C)C(NC(=O)c1cnc(OCc2cccc(C(F)(F)F)c2)nc1NCC(C(=N)c1ccc(Cl)cc1)c1ccccc1)C(N)=O. The van der Waals surface area contributed by atoms with Crippen molar-refractivity contribution in [2.24, 2.45) is 11.7 Å². The first-order valence-electron chi connectivity index (χ1n) is 14.2. The number of nitrogens with two attached hydrogens (primary N) is 1. The van der Waals surface area contributed by atoms with Crippen LogP contribution in [0.5, 0.6) is 6.01 Å². The molecular formula is C33H32ClF3N6O3. The van der Waals surface area contributed by atoms with Crippen molar-refractivity contribution in [1.82, 2.24) is 15.3 Å². The average Bonchev–Trinajstić information content (AvgIpc) is 3.03. The second-order valence-corrected chi connectivity index (χ2v) is 11.2. The van der Waals surface area contributed by atoms with E-state index in [9.17, 15) is 22.8 Å². The van der Waals surface area contributed by atoms with Gasteiger partial charge in [-0.3, -0.25) is 9.59 Å². The number of primary amides is 1. The molecule has 0 saturated carbocycles. The second-order valence-electron chi connectivity index (χ2n) is 10.8. The molecule has 0 aliphatic rings. The van der Waals surface area contributed by atoms with E-state index in [0.717, 1.165) is 17.7 Å². The summed E-state index contributed by atoms with van der Waals surface area (Å²) < 4.78 is 45.2. The van der Waals surface area contributed by atoms with Crippen molar-refractivity contribution in [3.63, 3.8) is 0 Å². The van der Waals surface area contributed by atoms with Gasteiger partial charge in [0.25, 0.3) is 5.91 Å². The molecule has 2 unspecified atom stereocenters. The molecule has 0 bridgehead atoms. The number of hydrogen-bond donors (Lipinski definition) is 4. The fraction of sp³-hybridized carbons (Fsp3) is 0.242. The molecule has 2 atom stereocenters. The highest BCUT2D eigenvalue weighted by Crippen LogP contribution is 2.30. The second kappa shape index (κ2) is 14.9. The maximum absolute atomic E-state index is 13.4. The van der Waals surface area contributed by atoms with Crippen molar-refractivity contribution in [2.75, 3.05) is 11.9 Å². The summed E-state index contributed by atoms with van der Waals surface area (Å²) in [5.74, 6) is -2.22. The number of ether oxygens (including phenoxy) is 1. The quantitative estimate of drug-likeness (QED) is 0.126. The van der Waals surface area contributed by atoms with Crippen LogP contribution < -0.4 is 21.1 Å². The molecule has 13 heteroatoms. The third-order valence-electron chi connectivity index (χ3n) is 7.07. The number of alkyl halides is 3. The van der Waals surface area contributed by atoms with Crippen LogP contribution in [-0.2, 0) is 17.6 Å². The number of amides is 2. The Morgan fingerprint density at radius 2 is 1.72 bits per heavy atom. The van der Waals surface area contributed by atoms with Gasteiger partial charge in [0.05, 0.1) is 5.56 Å². The molecule has 0 aliphatic heterocycles. The van der Waals surface area contributed by atoms with Gasteiger partial charge in [-0.25, -0.2) is 4.98 Å². The van der Waals surface area contributed by atoms with Crippen LogP contribution in [0.2, 0.25) is 5.02 Å². The Balaban J connectivity index is 1.65. The van der Waals surface area contributed by atoms with E-state index >= 15 is 0 Å². The molecule has 1 aromatic heterocycles. The normalized spacial score (nSPS) is 12.7. The first kappa shape index (κ1) is 33.9. The number of nitrogens with zero attached hydrogens (tertiary/aromatic N) is 2. The maximum Gasteiger partial charge on any atom is 0.416 e. The number of carbonyl (C=O) groups excluding carboxylic acids is 2. The molecule has 0 radical (unpaired) electrons. The molecule has 240 valence electrons. The molecule has 2 amide bonds. The molecule has 4 aromatic rings. The third-order valence-corrected chi connectivity index (χ3v) is 7.32. The van der Waals surface area contributed by atoms with E-state index in [1.54, 1.807) is 38.1 Å². The number of aromatic nitrogens is 2. The Morgan fingerprint density at radius 3 is 2.35 bits per heavy atom. The Hall–Kier alpha value is -4.97. The topological polar surface area (TPSA) is 143 Å². The first-order valence-corrected chi connectivity index (χ1v) is 14.6. The smallest absolute Gasteiger partial charge is 0.416 e. The van der Waals surface area contributed by atoms with Crippen LogP contribution >= 0.6 is 11.6 Å². The summed E-state index contributed by atoms with van der Waals surface area (Å²) in [5.41, 5.74) is 6.57. The van der Waals surface area contributed by atoms with Crippen LogP contribution in [0.3, 0.4) is 0 Å². The first-order chi connectivity index (χ1) is 21.8. The highest BCUT2D eigenvalue weighted by atomic mass is 35.5. The number of benzene rings is 3. The lowest BCUT2D eigenvalue weighted by atomic mass is 9.90. The van der Waals surface area contributed by atoms with Crippen molar-refractivity contribution in [3.05, 3.63) is 118 Å². The third kappa shape index (κ3) is 8.81. The van der Waals surface area contributed by atoms with E-state index in [1.807, 2.05) is 30.3 Å². The summed E-state index contributed by atoms with van der Waals surface area (Å²) in [6.07, 6.45) is -3.33. The summed E-state index contributed by atoms with van der Waals surface area (Å²) in [6.45, 7) is 3.27. The fourth-order valence-electron chi connectivity index (χ4n) is 4.61. The Kier molecular flexibility index (Phi) is 11.0. The summed E-state index contributed by atoms with van der Waals surface area (Å²) in [5, 5.41) is 15.3. The minimum absolute atomic E-state index is 0.0170. The monoisotopic (exact) mass is 652 g/mol. The zero-order chi connectivity index (χ0) is 33.4. The van der Waals surface area contributed by atoms with Crippen molar-refractivity contribution in [3.8, 4) is 6.01 Å². The predicted molar refractivity (Wildman–Crippen MR) is 169 cm³/mol. The summed E-state index contributed by atoms with van der Waals surface area (Å²) in [6, 6.07) is 19.6. The number of rotatable bonds is 13. The van der Waals surface area contributed by atoms with Gasteiger partial charge in [-0.2, -0.15) is 18.2 Å². The van der Waals surface area contributed by atoms with E-state index in [1.165, 1.54) is 18.3 Å². The van der Waals surface area contributed by atoms with Crippen LogP contribution in [-0.4, -0.2) is 40.1 Å². The van der Waals surface area contributed by atoms with Crippen molar-refractivity contribution in [2.45, 2.75) is 38.6 Å². The highest BCUT2D eigenvalue weighted by Gasteiger charge is 2.30. The van der Waals surface area contributed by atoms with Crippen LogP contribution in [0.1, 0.15) is 52.4 Å². The molecule has 0 spiro atoms. The molecule has 9 nitrogen and oxygen atoms in total. The molecule has 5 N–H and O–H groups in total. The maximum atomic E-state index is 13.4. The van der Waals surface area contributed by atoms with E-state index in [4.69, 9.17) is 27.5 Å². The molecule has 0 aliphatic carbocycles. The van der Waals surface area contributed by atoms with Crippen molar-refractivity contribution >= 4 is 34.9 Å². The van der Waals surface area contributed by atoms with Crippen LogP contribution in [0, 0.1) is 11.3 Å². The Labute approximate surface area is 268 Å². The number of halogens is 4. The van der Waals surface area contributed by atoms with Crippen LogP contribution in [0.15, 0.2) is 85.1 Å². The van der Waals surface area contributed by atoms with Gasteiger partial charge in [0.2, 0.25) is 5.91 Å². The lowest BCUT2D eigenvalue weighted by Crippen LogP contribution is -2.47. The van der Waals surface area contributed by atoms with Crippen molar-refractivity contribution in [1.29, 1.82) is 5.41 Å². The molecule has 3 aromatic carbocycles. The van der Waals surface area contributed by atoms with Gasteiger partial charge in [0.15, 0.2) is 0 Å². The van der Waals surface area contributed by atoms with Gasteiger partial charge < -0.3 is 26.5 Å². The van der Waals surface area contributed by atoms with Gasteiger partial charge >= 0.3 is 12.2 Å². The van der Waals surface area contributed by atoms with E-state index in [2.05, 4.69) is 20.6 Å². The standard InChI is InChI=1S/C33H32ClF3N6O3/c1-19(2)28(29(39)44)42-31(45)26-17-41-32(46-18-20-7-6-10-23(15-20)33(35,36)37)43-30(26)40-16-25(21-8-4-3-5-9-21)27(38)22-11-13-24(34)14-12-22/h3-15,17,19,25,28,38H,16,18H2,1-2H3,(H2,39,44)(H,42,45)(H,40,41,43). The average molecular weight is 653 g/mol.